The van der Waals surface area contributed by atoms with Crippen molar-refractivity contribution in [3.63, 3.8) is 0 Å². The van der Waals surface area contributed by atoms with Crippen LogP contribution in [0.2, 0.25) is 0 Å². The van der Waals surface area contributed by atoms with Gasteiger partial charge in [-0.2, -0.15) is 0 Å². The van der Waals surface area contributed by atoms with Crippen molar-refractivity contribution in [2.45, 2.75) is 10.4 Å². The smallest absolute Gasteiger partial charge is 0.188 e. The van der Waals surface area contributed by atoms with E-state index in [9.17, 15) is 0 Å². The number of hydrogen-bond acceptors (Lipinski definition) is 4. The Morgan fingerprint density at radius 3 is 2.65 bits per heavy atom. The van der Waals surface area contributed by atoms with E-state index in [2.05, 4.69) is 38.0 Å². The van der Waals surface area contributed by atoms with Crippen molar-refractivity contribution >= 4 is 27.7 Å². The molecule has 88 valence electrons. The van der Waals surface area contributed by atoms with E-state index in [1.54, 1.807) is 30.2 Å². The van der Waals surface area contributed by atoms with Crippen LogP contribution < -0.4 is 5.73 Å². The number of thioether (sulfide) groups is 1. The Morgan fingerprint density at radius 2 is 2.00 bits per heavy atom. The molecule has 0 saturated carbocycles. The molecule has 0 bridgehead atoms. The Kier molecular flexibility index (Phi) is 4.53. The summed E-state index contributed by atoms with van der Waals surface area (Å²) >= 11 is 5.05. The molecule has 2 aromatic rings. The highest BCUT2D eigenvalue weighted by Crippen LogP contribution is 2.32. The fourth-order valence-corrected chi connectivity index (χ4v) is 2.73. The molecule has 0 saturated heterocycles. The lowest BCUT2D eigenvalue weighted by molar-refractivity contribution is 0.908. The summed E-state index contributed by atoms with van der Waals surface area (Å²) in [6.45, 7) is 0.555. The van der Waals surface area contributed by atoms with Gasteiger partial charge in [0.15, 0.2) is 5.16 Å². The summed E-state index contributed by atoms with van der Waals surface area (Å²) in [7, 11) is 0. The molecule has 1 aromatic heterocycles. The lowest BCUT2D eigenvalue weighted by atomic mass is 10.1. The maximum atomic E-state index is 5.81. The zero-order valence-electron chi connectivity index (χ0n) is 9.08. The van der Waals surface area contributed by atoms with Crippen LogP contribution in [0, 0.1) is 0 Å². The van der Waals surface area contributed by atoms with Crippen LogP contribution in [0.3, 0.4) is 0 Å². The Balaban J connectivity index is 2.17. The maximum Gasteiger partial charge on any atom is 0.188 e. The largest absolute Gasteiger partial charge is 0.329 e. The van der Waals surface area contributed by atoms with E-state index in [0.29, 0.717) is 6.54 Å². The summed E-state index contributed by atoms with van der Waals surface area (Å²) in [5.74, 6) is 0. The standard InChI is InChI=1S/C12H12BrN3S/c13-10-4-1-3-9(7-10)11(8-14)17-12-15-5-2-6-16-12/h1-7,11H,8,14H2. The second kappa shape index (κ2) is 6.14. The zero-order chi connectivity index (χ0) is 12.1. The third-order valence-corrected chi connectivity index (χ3v) is 3.89. The van der Waals surface area contributed by atoms with Crippen molar-refractivity contribution in [2.75, 3.05) is 6.54 Å². The van der Waals surface area contributed by atoms with Crippen molar-refractivity contribution in [3.8, 4) is 0 Å². The van der Waals surface area contributed by atoms with Crippen LogP contribution in [0.5, 0.6) is 0 Å². The van der Waals surface area contributed by atoms with E-state index >= 15 is 0 Å². The Bertz CT molecular complexity index is 478. The summed E-state index contributed by atoms with van der Waals surface area (Å²) < 4.78 is 1.06. The average molecular weight is 310 g/mol. The average Bonchev–Trinajstić information content (AvgIpc) is 2.37. The fraction of sp³-hybridized carbons (Fsp3) is 0.167. The number of nitrogens with two attached hydrogens (primary N) is 1. The van der Waals surface area contributed by atoms with Gasteiger partial charge in [0.25, 0.3) is 0 Å². The summed E-state index contributed by atoms with van der Waals surface area (Å²) in [6, 6.07) is 9.96. The first-order chi connectivity index (χ1) is 8.29. The molecule has 0 amide bonds. The molecule has 2 N–H and O–H groups in total. The second-order valence-corrected chi connectivity index (χ2v) is 5.51. The molecule has 5 heteroatoms. The van der Waals surface area contributed by atoms with Crippen LogP contribution in [-0.4, -0.2) is 16.5 Å². The van der Waals surface area contributed by atoms with Crippen molar-refractivity contribution < 1.29 is 0 Å². The topological polar surface area (TPSA) is 51.8 Å². The predicted molar refractivity (Wildman–Crippen MR) is 73.8 cm³/mol. The third-order valence-electron chi connectivity index (χ3n) is 2.22. The summed E-state index contributed by atoms with van der Waals surface area (Å²) in [5, 5.41) is 0.929. The molecule has 3 nitrogen and oxygen atoms in total. The number of benzene rings is 1. The quantitative estimate of drug-likeness (QED) is 0.696. The van der Waals surface area contributed by atoms with Gasteiger partial charge in [-0.15, -0.1) is 0 Å². The highest BCUT2D eigenvalue weighted by atomic mass is 79.9. The molecule has 1 unspecified atom stereocenters. The molecule has 1 heterocycles. The molecule has 0 aliphatic carbocycles. The normalized spacial score (nSPS) is 12.4. The van der Waals surface area contributed by atoms with Crippen molar-refractivity contribution in [1.82, 2.24) is 9.97 Å². The van der Waals surface area contributed by atoms with Gasteiger partial charge in [-0.3, -0.25) is 0 Å². The molecule has 0 aliphatic heterocycles. The van der Waals surface area contributed by atoms with E-state index in [1.165, 1.54) is 5.56 Å². The number of aromatic nitrogens is 2. The highest BCUT2D eigenvalue weighted by molar-refractivity contribution is 9.10. The molecule has 17 heavy (non-hydrogen) atoms. The third kappa shape index (κ3) is 3.52. The lowest BCUT2D eigenvalue weighted by Gasteiger charge is -2.13. The van der Waals surface area contributed by atoms with Gasteiger partial charge in [-0.05, 0) is 23.8 Å². The molecule has 2 rings (SSSR count). The number of hydrogen-bond donors (Lipinski definition) is 1. The summed E-state index contributed by atoms with van der Waals surface area (Å²) in [6.07, 6.45) is 3.48. The van der Waals surface area contributed by atoms with Crippen LogP contribution in [-0.2, 0) is 0 Å². The van der Waals surface area contributed by atoms with Crippen molar-refractivity contribution in [2.24, 2.45) is 5.73 Å². The Hall–Kier alpha value is -0.910. The molecular weight excluding hydrogens is 298 g/mol. The van der Waals surface area contributed by atoms with Gasteiger partial charge in [0.1, 0.15) is 0 Å². The van der Waals surface area contributed by atoms with E-state index in [1.807, 2.05) is 12.1 Å². The Morgan fingerprint density at radius 1 is 1.24 bits per heavy atom. The molecule has 0 aliphatic rings. The number of halogens is 1. The highest BCUT2D eigenvalue weighted by Gasteiger charge is 2.12. The van der Waals surface area contributed by atoms with Crippen LogP contribution in [0.15, 0.2) is 52.4 Å². The molecule has 1 atom stereocenters. The van der Waals surface area contributed by atoms with Crippen LogP contribution in [0.1, 0.15) is 10.8 Å². The molecular formula is C12H12BrN3S. The van der Waals surface area contributed by atoms with Gasteiger partial charge >= 0.3 is 0 Å². The van der Waals surface area contributed by atoms with E-state index in [0.717, 1.165) is 9.63 Å². The monoisotopic (exact) mass is 309 g/mol. The summed E-state index contributed by atoms with van der Waals surface area (Å²) in [5.41, 5.74) is 6.99. The molecule has 0 fully saturated rings. The second-order valence-electron chi connectivity index (χ2n) is 3.43. The molecule has 0 spiro atoms. The van der Waals surface area contributed by atoms with Gasteiger partial charge < -0.3 is 5.73 Å². The minimum Gasteiger partial charge on any atom is -0.329 e. The zero-order valence-corrected chi connectivity index (χ0v) is 11.5. The fourth-order valence-electron chi connectivity index (χ4n) is 1.43. The van der Waals surface area contributed by atoms with Gasteiger partial charge in [0.2, 0.25) is 0 Å². The van der Waals surface area contributed by atoms with E-state index in [-0.39, 0.29) is 5.25 Å². The Labute approximate surface area is 113 Å². The summed E-state index contributed by atoms with van der Waals surface area (Å²) in [4.78, 5) is 8.40. The first-order valence-corrected chi connectivity index (χ1v) is 6.86. The predicted octanol–water partition coefficient (Wildman–Crippen LogP) is 3.03. The molecule has 1 aromatic carbocycles. The first-order valence-electron chi connectivity index (χ1n) is 5.19. The minimum atomic E-state index is 0.176. The van der Waals surface area contributed by atoms with Crippen LogP contribution >= 0.6 is 27.7 Å². The van der Waals surface area contributed by atoms with Crippen LogP contribution in [0.4, 0.5) is 0 Å². The van der Waals surface area contributed by atoms with Gasteiger partial charge in [0.05, 0.1) is 0 Å². The van der Waals surface area contributed by atoms with E-state index < -0.39 is 0 Å². The lowest BCUT2D eigenvalue weighted by Crippen LogP contribution is -2.09. The van der Waals surface area contributed by atoms with Crippen molar-refractivity contribution in [3.05, 3.63) is 52.8 Å². The van der Waals surface area contributed by atoms with E-state index in [4.69, 9.17) is 5.73 Å². The molecule has 0 radical (unpaired) electrons. The maximum absolute atomic E-state index is 5.81. The number of rotatable bonds is 4. The minimum absolute atomic E-state index is 0.176. The van der Waals surface area contributed by atoms with Gasteiger partial charge in [-0.25, -0.2) is 9.97 Å². The SMILES string of the molecule is NCC(Sc1ncccn1)c1cccc(Br)c1. The number of nitrogens with zero attached hydrogens (tertiary/aromatic N) is 2. The van der Waals surface area contributed by atoms with Gasteiger partial charge in [0, 0.05) is 28.7 Å². The van der Waals surface area contributed by atoms with Crippen molar-refractivity contribution in [1.29, 1.82) is 0 Å². The van der Waals surface area contributed by atoms with Gasteiger partial charge in [-0.1, -0.05) is 39.8 Å². The van der Waals surface area contributed by atoms with Crippen LogP contribution in [0.25, 0.3) is 0 Å². The first kappa shape index (κ1) is 12.5.